The van der Waals surface area contributed by atoms with Gasteiger partial charge in [0.2, 0.25) is 5.91 Å². The molecule has 0 aliphatic heterocycles. The molecule has 0 saturated heterocycles. The second kappa shape index (κ2) is 6.51. The first-order valence-electron chi connectivity index (χ1n) is 5.86. The second-order valence-corrected chi connectivity index (χ2v) is 5.57. The second-order valence-electron chi connectivity index (χ2n) is 4.71. The minimum Gasteiger partial charge on any atom is -0.469 e. The number of carbonyl (C=O) groups excluding carboxylic acids is 2. The molecule has 0 atom stereocenters. The van der Waals surface area contributed by atoms with Gasteiger partial charge in [0.25, 0.3) is 0 Å². The zero-order valence-electron chi connectivity index (χ0n) is 11.6. The van der Waals surface area contributed by atoms with Gasteiger partial charge in [-0.25, -0.2) is 4.98 Å². The predicted molar refractivity (Wildman–Crippen MR) is 74.2 cm³/mol. The molecule has 7 heteroatoms. The average Bonchev–Trinajstić information content (AvgIpc) is 2.82. The zero-order chi connectivity index (χ0) is 14.5. The Morgan fingerprint density at radius 3 is 2.74 bits per heavy atom. The van der Waals surface area contributed by atoms with Crippen LogP contribution in [-0.4, -0.2) is 37.6 Å². The van der Waals surface area contributed by atoms with Crippen LogP contribution in [0.5, 0.6) is 0 Å². The average molecular weight is 285 g/mol. The van der Waals surface area contributed by atoms with E-state index in [1.807, 2.05) is 13.8 Å². The number of rotatable bonds is 6. The van der Waals surface area contributed by atoms with Crippen LogP contribution in [0.3, 0.4) is 0 Å². The Bertz CT molecular complexity index is 457. The van der Waals surface area contributed by atoms with Crippen molar-refractivity contribution < 1.29 is 14.3 Å². The molecule has 1 aromatic rings. The van der Waals surface area contributed by atoms with Gasteiger partial charge in [0.1, 0.15) is 0 Å². The molecule has 0 unspecified atom stereocenters. The number of amides is 1. The summed E-state index contributed by atoms with van der Waals surface area (Å²) in [6.07, 6.45) is 0.160. The normalized spacial score (nSPS) is 10.9. The van der Waals surface area contributed by atoms with Crippen molar-refractivity contribution in [3.8, 4) is 0 Å². The summed E-state index contributed by atoms with van der Waals surface area (Å²) in [4.78, 5) is 27.0. The van der Waals surface area contributed by atoms with Gasteiger partial charge in [0, 0.05) is 19.0 Å². The topological polar surface area (TPSA) is 80.3 Å². The van der Waals surface area contributed by atoms with E-state index in [0.29, 0.717) is 17.4 Å². The summed E-state index contributed by atoms with van der Waals surface area (Å²) >= 11 is 1.40. The standard InChI is InChI=1S/C12H19N3O3S/c1-12(2,10(17)13-3)7-14-11-15-8(6-19-11)5-9(16)18-4/h6H,5,7H2,1-4H3,(H,13,17)(H,14,15). The maximum Gasteiger partial charge on any atom is 0.311 e. The van der Waals surface area contributed by atoms with Gasteiger partial charge in [-0.1, -0.05) is 0 Å². The zero-order valence-corrected chi connectivity index (χ0v) is 12.4. The summed E-state index contributed by atoms with van der Waals surface area (Å²) in [5, 5.41) is 8.22. The van der Waals surface area contributed by atoms with E-state index in [1.165, 1.54) is 18.4 Å². The minimum absolute atomic E-state index is 0.0358. The van der Waals surface area contributed by atoms with Gasteiger partial charge in [0.15, 0.2) is 5.13 Å². The third-order valence-corrected chi connectivity index (χ3v) is 3.48. The number of esters is 1. The number of methoxy groups -OCH3 is 1. The van der Waals surface area contributed by atoms with E-state index in [2.05, 4.69) is 20.4 Å². The van der Waals surface area contributed by atoms with Gasteiger partial charge in [-0.15, -0.1) is 11.3 Å². The SMILES string of the molecule is CNC(=O)C(C)(C)CNc1nc(CC(=O)OC)cs1. The lowest BCUT2D eigenvalue weighted by Gasteiger charge is -2.22. The number of nitrogens with one attached hydrogen (secondary N) is 2. The number of nitrogens with zero attached hydrogens (tertiary/aromatic N) is 1. The molecule has 2 N–H and O–H groups in total. The lowest BCUT2D eigenvalue weighted by Crippen LogP contribution is -2.39. The summed E-state index contributed by atoms with van der Waals surface area (Å²) in [5.41, 5.74) is 0.139. The Morgan fingerprint density at radius 1 is 1.47 bits per heavy atom. The van der Waals surface area contributed by atoms with E-state index >= 15 is 0 Å². The highest BCUT2D eigenvalue weighted by Crippen LogP contribution is 2.20. The van der Waals surface area contributed by atoms with Crippen molar-refractivity contribution >= 4 is 28.3 Å². The fourth-order valence-corrected chi connectivity index (χ4v) is 2.11. The van der Waals surface area contributed by atoms with Crippen LogP contribution < -0.4 is 10.6 Å². The monoisotopic (exact) mass is 285 g/mol. The first-order chi connectivity index (χ1) is 8.89. The van der Waals surface area contributed by atoms with E-state index in [-0.39, 0.29) is 18.3 Å². The van der Waals surface area contributed by atoms with E-state index < -0.39 is 5.41 Å². The first-order valence-corrected chi connectivity index (χ1v) is 6.74. The van der Waals surface area contributed by atoms with Crippen LogP contribution in [0.1, 0.15) is 19.5 Å². The summed E-state index contributed by atoms with van der Waals surface area (Å²) < 4.78 is 4.58. The molecule has 0 bridgehead atoms. The molecule has 1 amide bonds. The quantitative estimate of drug-likeness (QED) is 0.763. The molecule has 6 nitrogen and oxygen atoms in total. The van der Waals surface area contributed by atoms with Crippen molar-refractivity contribution in [1.29, 1.82) is 0 Å². The molecule has 0 aliphatic rings. The highest BCUT2D eigenvalue weighted by Gasteiger charge is 2.26. The van der Waals surface area contributed by atoms with Gasteiger partial charge in [-0.3, -0.25) is 9.59 Å². The molecule has 0 aromatic carbocycles. The van der Waals surface area contributed by atoms with Crippen molar-refractivity contribution in [2.75, 3.05) is 26.0 Å². The Hall–Kier alpha value is -1.63. The fourth-order valence-electron chi connectivity index (χ4n) is 1.40. The maximum absolute atomic E-state index is 11.6. The predicted octanol–water partition coefficient (Wildman–Crippen LogP) is 1.04. The van der Waals surface area contributed by atoms with E-state index in [9.17, 15) is 9.59 Å². The molecular weight excluding hydrogens is 266 g/mol. The van der Waals surface area contributed by atoms with Gasteiger partial charge in [0.05, 0.1) is 24.6 Å². The number of aromatic nitrogens is 1. The van der Waals surface area contributed by atoms with Crippen LogP contribution in [0.4, 0.5) is 5.13 Å². The third-order valence-electron chi connectivity index (χ3n) is 2.63. The van der Waals surface area contributed by atoms with Crippen molar-refractivity contribution in [3.05, 3.63) is 11.1 Å². The van der Waals surface area contributed by atoms with Crippen LogP contribution in [0.15, 0.2) is 5.38 Å². The maximum atomic E-state index is 11.6. The summed E-state index contributed by atoms with van der Waals surface area (Å²) in [7, 11) is 2.96. The molecule has 19 heavy (non-hydrogen) atoms. The van der Waals surface area contributed by atoms with Crippen molar-refractivity contribution in [1.82, 2.24) is 10.3 Å². The van der Waals surface area contributed by atoms with Crippen LogP contribution in [-0.2, 0) is 20.7 Å². The van der Waals surface area contributed by atoms with Crippen molar-refractivity contribution in [2.24, 2.45) is 5.41 Å². The molecule has 0 fully saturated rings. The molecule has 0 spiro atoms. The number of carbonyl (C=O) groups is 2. The number of thiazole rings is 1. The Balaban J connectivity index is 2.55. The highest BCUT2D eigenvalue weighted by molar-refractivity contribution is 7.13. The van der Waals surface area contributed by atoms with Gasteiger partial charge in [-0.05, 0) is 13.8 Å². The van der Waals surface area contributed by atoms with E-state index in [4.69, 9.17) is 0 Å². The summed E-state index contributed by atoms with van der Waals surface area (Å²) in [5.74, 6) is -0.353. The first kappa shape index (κ1) is 15.4. The molecule has 106 valence electrons. The lowest BCUT2D eigenvalue weighted by molar-refractivity contribution is -0.139. The molecular formula is C12H19N3O3S. The third kappa shape index (κ3) is 4.51. The lowest BCUT2D eigenvalue weighted by atomic mass is 9.92. The van der Waals surface area contributed by atoms with E-state index in [0.717, 1.165) is 0 Å². The fraction of sp³-hybridized carbons (Fsp3) is 0.583. The Labute approximate surface area is 116 Å². The van der Waals surface area contributed by atoms with Crippen LogP contribution >= 0.6 is 11.3 Å². The molecule has 1 heterocycles. The molecule has 0 radical (unpaired) electrons. The van der Waals surface area contributed by atoms with Gasteiger partial charge in [-0.2, -0.15) is 0 Å². The number of ether oxygens (including phenoxy) is 1. The number of anilines is 1. The largest absolute Gasteiger partial charge is 0.469 e. The molecule has 0 aliphatic carbocycles. The van der Waals surface area contributed by atoms with Gasteiger partial charge >= 0.3 is 5.97 Å². The Kier molecular flexibility index (Phi) is 5.29. The molecule has 1 aromatic heterocycles. The number of hydrogen-bond donors (Lipinski definition) is 2. The van der Waals surface area contributed by atoms with Crippen LogP contribution in [0, 0.1) is 5.41 Å². The molecule has 1 rings (SSSR count). The Morgan fingerprint density at radius 2 is 2.16 bits per heavy atom. The minimum atomic E-state index is -0.525. The van der Waals surface area contributed by atoms with E-state index in [1.54, 1.807) is 12.4 Å². The summed E-state index contributed by atoms with van der Waals surface area (Å²) in [6.45, 7) is 4.17. The smallest absolute Gasteiger partial charge is 0.311 e. The highest BCUT2D eigenvalue weighted by atomic mass is 32.1. The summed E-state index contributed by atoms with van der Waals surface area (Å²) in [6, 6.07) is 0. The van der Waals surface area contributed by atoms with Crippen LogP contribution in [0.2, 0.25) is 0 Å². The van der Waals surface area contributed by atoms with Crippen molar-refractivity contribution in [2.45, 2.75) is 20.3 Å². The van der Waals surface area contributed by atoms with Crippen LogP contribution in [0.25, 0.3) is 0 Å². The van der Waals surface area contributed by atoms with Gasteiger partial charge < -0.3 is 15.4 Å². The molecule has 0 saturated carbocycles. The van der Waals surface area contributed by atoms with Crippen molar-refractivity contribution in [3.63, 3.8) is 0 Å². The number of hydrogen-bond acceptors (Lipinski definition) is 6.